The topological polar surface area (TPSA) is 61.8 Å². The first-order chi connectivity index (χ1) is 10.7. The molecule has 1 spiro atoms. The third-order valence-electron chi connectivity index (χ3n) is 5.05. The molecule has 1 aliphatic carbocycles. The van der Waals surface area contributed by atoms with Crippen LogP contribution in [0.2, 0.25) is 0 Å². The molecule has 0 N–H and O–H groups in total. The second-order valence-electron chi connectivity index (χ2n) is 7.37. The second kappa shape index (κ2) is 6.38. The van der Waals surface area contributed by atoms with Crippen LogP contribution < -0.4 is 0 Å². The molecule has 1 aliphatic heterocycles. The lowest BCUT2D eigenvalue weighted by molar-refractivity contribution is -0.140. The molecule has 0 aromatic rings. The molecule has 0 aromatic carbocycles. The third-order valence-corrected chi connectivity index (χ3v) is 5.05. The van der Waals surface area contributed by atoms with Crippen molar-refractivity contribution in [1.29, 1.82) is 0 Å². The highest BCUT2D eigenvalue weighted by molar-refractivity contribution is 5.98. The normalized spacial score (nSPS) is 27.6. The van der Waals surface area contributed by atoms with Crippen LogP contribution in [-0.4, -0.2) is 31.8 Å². The van der Waals surface area contributed by atoms with Gasteiger partial charge in [-0.2, -0.15) is 0 Å². The summed E-state index contributed by atoms with van der Waals surface area (Å²) >= 11 is 0. The van der Waals surface area contributed by atoms with Crippen LogP contribution in [0.5, 0.6) is 0 Å². The van der Waals surface area contributed by atoms with Crippen molar-refractivity contribution in [2.45, 2.75) is 52.1 Å². The molecule has 0 atom stereocenters. The van der Waals surface area contributed by atoms with E-state index in [2.05, 4.69) is 20.8 Å². The molecule has 1 heterocycles. The maximum absolute atomic E-state index is 12.2. The summed E-state index contributed by atoms with van der Waals surface area (Å²) in [6, 6.07) is 0. The molecule has 0 saturated heterocycles. The molecule has 2 aliphatic rings. The zero-order chi connectivity index (χ0) is 17.3. The molecule has 128 valence electrons. The van der Waals surface area contributed by atoms with Gasteiger partial charge in [-0.1, -0.05) is 20.8 Å². The van der Waals surface area contributed by atoms with E-state index < -0.39 is 17.5 Å². The van der Waals surface area contributed by atoms with Gasteiger partial charge in [-0.15, -0.1) is 0 Å². The van der Waals surface area contributed by atoms with Crippen molar-refractivity contribution in [1.82, 2.24) is 0 Å². The van der Waals surface area contributed by atoms with Crippen LogP contribution in [0.1, 0.15) is 46.5 Å². The Labute approximate surface area is 137 Å². The van der Waals surface area contributed by atoms with Crippen molar-refractivity contribution in [2.75, 3.05) is 14.2 Å². The predicted octanol–water partition coefficient (Wildman–Crippen LogP) is 3.15. The number of hydrogen-bond donors (Lipinski definition) is 0. The maximum atomic E-state index is 12.2. The molecule has 1 saturated carbocycles. The molecule has 0 unspecified atom stereocenters. The molecule has 5 nitrogen and oxygen atoms in total. The molecule has 0 bridgehead atoms. The van der Waals surface area contributed by atoms with Gasteiger partial charge in [0, 0.05) is 0 Å². The van der Waals surface area contributed by atoms with Crippen LogP contribution in [0.15, 0.2) is 23.5 Å². The molecule has 5 heteroatoms. The van der Waals surface area contributed by atoms with Gasteiger partial charge >= 0.3 is 11.9 Å². The van der Waals surface area contributed by atoms with Crippen molar-refractivity contribution in [2.24, 2.45) is 11.3 Å². The van der Waals surface area contributed by atoms with Crippen LogP contribution in [0, 0.1) is 11.3 Å². The first kappa shape index (κ1) is 17.6. The zero-order valence-corrected chi connectivity index (χ0v) is 14.6. The van der Waals surface area contributed by atoms with Crippen molar-refractivity contribution in [3.05, 3.63) is 23.5 Å². The molecule has 1 fully saturated rings. The van der Waals surface area contributed by atoms with Crippen LogP contribution in [0.3, 0.4) is 0 Å². The Morgan fingerprint density at radius 1 is 1.13 bits per heavy atom. The van der Waals surface area contributed by atoms with Gasteiger partial charge < -0.3 is 14.2 Å². The fourth-order valence-electron chi connectivity index (χ4n) is 3.48. The van der Waals surface area contributed by atoms with Gasteiger partial charge in [-0.3, -0.25) is 0 Å². The first-order valence-corrected chi connectivity index (χ1v) is 8.00. The Morgan fingerprint density at radius 3 is 2.17 bits per heavy atom. The maximum Gasteiger partial charge on any atom is 0.341 e. The minimum absolute atomic E-state index is 0.233. The Hall–Kier alpha value is -1.78. The summed E-state index contributed by atoms with van der Waals surface area (Å²) in [5.74, 6) is -0.389. The molecule has 23 heavy (non-hydrogen) atoms. The lowest BCUT2D eigenvalue weighted by atomic mass is 9.66. The van der Waals surface area contributed by atoms with E-state index in [0.29, 0.717) is 11.5 Å². The van der Waals surface area contributed by atoms with Crippen molar-refractivity contribution < 1.29 is 23.8 Å². The number of methoxy groups -OCH3 is 2. The standard InChI is InChI=1S/C18H26O5/c1-17(2,3)13-6-8-18(9-7-13)14(16(20)22-5)10-12(11-23-18)15(19)21-4/h10-11,13H,6-9H2,1-5H3. The largest absolute Gasteiger partial charge is 0.489 e. The lowest BCUT2D eigenvalue weighted by Crippen LogP contribution is -2.44. The Kier molecular flexibility index (Phi) is 4.87. The first-order valence-electron chi connectivity index (χ1n) is 8.00. The number of esters is 2. The Balaban J connectivity index is 2.26. The van der Waals surface area contributed by atoms with Gasteiger partial charge in [-0.25, -0.2) is 9.59 Å². The summed E-state index contributed by atoms with van der Waals surface area (Å²) in [6.45, 7) is 6.72. The van der Waals surface area contributed by atoms with E-state index in [1.165, 1.54) is 20.5 Å². The fourth-order valence-corrected chi connectivity index (χ4v) is 3.48. The van der Waals surface area contributed by atoms with E-state index in [0.717, 1.165) is 25.7 Å². The molecule has 0 radical (unpaired) electrons. The number of ether oxygens (including phenoxy) is 3. The summed E-state index contributed by atoms with van der Waals surface area (Å²) in [7, 11) is 2.64. The lowest BCUT2D eigenvalue weighted by Gasteiger charge is -2.44. The van der Waals surface area contributed by atoms with Gasteiger partial charge in [0.1, 0.15) is 5.60 Å². The third kappa shape index (κ3) is 3.43. The molecular weight excluding hydrogens is 296 g/mol. The molecule has 2 rings (SSSR count). The minimum Gasteiger partial charge on any atom is -0.489 e. The van der Waals surface area contributed by atoms with E-state index >= 15 is 0 Å². The SMILES string of the molecule is COC(=O)C1=COC2(CCC(C(C)(C)C)CC2)C(C(=O)OC)=C1. The van der Waals surface area contributed by atoms with E-state index in [9.17, 15) is 9.59 Å². The second-order valence-corrected chi connectivity index (χ2v) is 7.37. The number of hydrogen-bond acceptors (Lipinski definition) is 5. The summed E-state index contributed by atoms with van der Waals surface area (Å²) in [5, 5.41) is 0. The predicted molar refractivity (Wildman–Crippen MR) is 85.4 cm³/mol. The van der Waals surface area contributed by atoms with Gasteiger partial charge in [-0.05, 0) is 43.1 Å². The van der Waals surface area contributed by atoms with E-state index in [4.69, 9.17) is 14.2 Å². The summed E-state index contributed by atoms with van der Waals surface area (Å²) < 4.78 is 15.5. The van der Waals surface area contributed by atoms with Gasteiger partial charge in [0.25, 0.3) is 0 Å². The highest BCUT2D eigenvalue weighted by Crippen LogP contribution is 2.47. The highest BCUT2D eigenvalue weighted by atomic mass is 16.5. The summed E-state index contributed by atoms with van der Waals surface area (Å²) in [4.78, 5) is 23.9. The van der Waals surface area contributed by atoms with Crippen LogP contribution in [0.25, 0.3) is 0 Å². The minimum atomic E-state index is -0.688. The molecular formula is C18H26O5. The van der Waals surface area contributed by atoms with Gasteiger partial charge in [0.2, 0.25) is 0 Å². The monoisotopic (exact) mass is 322 g/mol. The van der Waals surface area contributed by atoms with Crippen molar-refractivity contribution in [3.63, 3.8) is 0 Å². The Morgan fingerprint density at radius 2 is 1.70 bits per heavy atom. The average molecular weight is 322 g/mol. The van der Waals surface area contributed by atoms with Crippen LogP contribution in [-0.2, 0) is 23.8 Å². The van der Waals surface area contributed by atoms with Gasteiger partial charge in [0.15, 0.2) is 0 Å². The Bertz CT molecular complexity index is 542. The molecule has 0 aromatic heterocycles. The fraction of sp³-hybridized carbons (Fsp3) is 0.667. The highest BCUT2D eigenvalue weighted by Gasteiger charge is 2.47. The van der Waals surface area contributed by atoms with E-state index in [1.54, 1.807) is 6.08 Å². The van der Waals surface area contributed by atoms with Crippen LogP contribution in [0.4, 0.5) is 0 Å². The summed E-state index contributed by atoms with van der Waals surface area (Å²) in [6.07, 6.45) is 6.38. The quantitative estimate of drug-likeness (QED) is 0.731. The van der Waals surface area contributed by atoms with E-state index in [1.807, 2.05) is 0 Å². The van der Waals surface area contributed by atoms with E-state index in [-0.39, 0.29) is 11.0 Å². The van der Waals surface area contributed by atoms with Gasteiger partial charge in [0.05, 0.1) is 31.6 Å². The number of carbonyl (C=O) groups excluding carboxylic acids is 2. The number of rotatable bonds is 2. The molecule has 0 amide bonds. The van der Waals surface area contributed by atoms with Crippen molar-refractivity contribution in [3.8, 4) is 0 Å². The van der Waals surface area contributed by atoms with Crippen molar-refractivity contribution >= 4 is 11.9 Å². The summed E-state index contributed by atoms with van der Waals surface area (Å²) in [5.41, 5.74) is 0.192. The zero-order valence-electron chi connectivity index (χ0n) is 14.6. The number of carbonyl (C=O) groups is 2. The smallest absolute Gasteiger partial charge is 0.341 e. The van der Waals surface area contributed by atoms with Crippen LogP contribution >= 0.6 is 0 Å². The average Bonchev–Trinajstić information content (AvgIpc) is 2.53.